The fourth-order valence-corrected chi connectivity index (χ4v) is 2.12. The normalized spacial score (nSPS) is 17.4. The summed E-state index contributed by atoms with van der Waals surface area (Å²) in [6.07, 6.45) is 5.55. The van der Waals surface area contributed by atoms with Crippen molar-refractivity contribution in [2.24, 2.45) is 5.73 Å². The van der Waals surface area contributed by atoms with Crippen molar-refractivity contribution in [3.8, 4) is 0 Å². The minimum atomic E-state index is -0.204. The van der Waals surface area contributed by atoms with E-state index < -0.39 is 0 Å². The second-order valence-electron chi connectivity index (χ2n) is 5.03. The first-order valence-electron chi connectivity index (χ1n) is 6.95. The lowest BCUT2D eigenvalue weighted by Crippen LogP contribution is -2.44. The summed E-state index contributed by atoms with van der Waals surface area (Å²) in [5.41, 5.74) is 5.43. The van der Waals surface area contributed by atoms with E-state index in [4.69, 9.17) is 5.73 Å². The molecule has 1 aliphatic rings. The summed E-state index contributed by atoms with van der Waals surface area (Å²) in [4.78, 5) is 13.8. The van der Waals surface area contributed by atoms with Crippen LogP contribution >= 0.6 is 0 Å². The number of nitrogens with two attached hydrogens (primary N) is 1. The van der Waals surface area contributed by atoms with E-state index in [2.05, 4.69) is 24.1 Å². The average molecular weight is 241 g/mol. The Labute approximate surface area is 105 Å². The van der Waals surface area contributed by atoms with Crippen LogP contribution in [0.2, 0.25) is 0 Å². The molecular formula is C13H27N3O. The van der Waals surface area contributed by atoms with Gasteiger partial charge in [0.2, 0.25) is 5.91 Å². The van der Waals surface area contributed by atoms with E-state index in [0.717, 1.165) is 38.9 Å². The standard InChI is InChI=1S/C13H27N3O/c1-3-8-16(9-4-2)10-7-12(13(14)17)15-11-5-6-11/h11-12,15H,3-10H2,1-2H3,(H2,14,17). The number of primary amides is 1. The highest BCUT2D eigenvalue weighted by molar-refractivity contribution is 5.79. The minimum absolute atomic E-state index is 0.140. The molecule has 0 spiro atoms. The Morgan fingerprint density at radius 3 is 2.29 bits per heavy atom. The summed E-state index contributed by atoms with van der Waals surface area (Å²) in [6, 6.07) is 0.400. The number of carbonyl (C=O) groups is 1. The maximum atomic E-state index is 11.3. The van der Waals surface area contributed by atoms with Gasteiger partial charge < -0.3 is 16.0 Å². The van der Waals surface area contributed by atoms with Crippen molar-refractivity contribution in [1.29, 1.82) is 0 Å². The number of hydrogen-bond donors (Lipinski definition) is 2. The zero-order valence-electron chi connectivity index (χ0n) is 11.2. The number of hydrogen-bond acceptors (Lipinski definition) is 3. The van der Waals surface area contributed by atoms with Crippen LogP contribution in [-0.4, -0.2) is 42.5 Å². The second-order valence-corrected chi connectivity index (χ2v) is 5.03. The van der Waals surface area contributed by atoms with E-state index in [1.807, 2.05) is 0 Å². The summed E-state index contributed by atoms with van der Waals surface area (Å²) >= 11 is 0. The number of rotatable bonds is 10. The van der Waals surface area contributed by atoms with Crippen molar-refractivity contribution in [2.45, 2.75) is 58.0 Å². The van der Waals surface area contributed by atoms with Crippen LogP contribution in [0.4, 0.5) is 0 Å². The second kappa shape index (κ2) is 7.67. The first-order valence-corrected chi connectivity index (χ1v) is 6.95. The summed E-state index contributed by atoms with van der Waals surface area (Å²) in [6.45, 7) is 7.58. The third-order valence-electron chi connectivity index (χ3n) is 3.17. The van der Waals surface area contributed by atoms with Gasteiger partial charge in [-0.3, -0.25) is 4.79 Å². The summed E-state index contributed by atoms with van der Waals surface area (Å²) < 4.78 is 0. The molecule has 0 saturated heterocycles. The van der Waals surface area contributed by atoms with Crippen molar-refractivity contribution in [3.63, 3.8) is 0 Å². The van der Waals surface area contributed by atoms with Gasteiger partial charge in [-0.1, -0.05) is 13.8 Å². The molecule has 1 rings (SSSR count). The monoisotopic (exact) mass is 241 g/mol. The Morgan fingerprint density at radius 2 is 1.88 bits per heavy atom. The molecule has 1 atom stereocenters. The van der Waals surface area contributed by atoms with E-state index >= 15 is 0 Å². The maximum absolute atomic E-state index is 11.3. The predicted octanol–water partition coefficient (Wildman–Crippen LogP) is 1.10. The Balaban J connectivity index is 2.29. The molecule has 0 heterocycles. The third-order valence-corrected chi connectivity index (χ3v) is 3.17. The molecular weight excluding hydrogens is 214 g/mol. The summed E-state index contributed by atoms with van der Waals surface area (Å²) in [7, 11) is 0. The van der Waals surface area contributed by atoms with Gasteiger partial charge in [0.15, 0.2) is 0 Å². The van der Waals surface area contributed by atoms with Crippen molar-refractivity contribution >= 4 is 5.91 Å². The summed E-state index contributed by atoms with van der Waals surface area (Å²) in [5.74, 6) is -0.204. The number of amides is 1. The molecule has 0 bridgehead atoms. The molecule has 100 valence electrons. The van der Waals surface area contributed by atoms with Crippen LogP contribution < -0.4 is 11.1 Å². The fraction of sp³-hybridized carbons (Fsp3) is 0.923. The van der Waals surface area contributed by atoms with E-state index in [9.17, 15) is 4.79 Å². The highest BCUT2D eigenvalue weighted by atomic mass is 16.1. The van der Waals surface area contributed by atoms with Gasteiger partial charge in [0.1, 0.15) is 0 Å². The van der Waals surface area contributed by atoms with Gasteiger partial charge in [-0.15, -0.1) is 0 Å². The number of nitrogens with zero attached hydrogens (tertiary/aromatic N) is 1. The van der Waals surface area contributed by atoms with E-state index in [0.29, 0.717) is 6.04 Å². The highest BCUT2D eigenvalue weighted by Crippen LogP contribution is 2.20. The highest BCUT2D eigenvalue weighted by Gasteiger charge is 2.27. The van der Waals surface area contributed by atoms with Crippen LogP contribution in [0.5, 0.6) is 0 Å². The molecule has 1 fully saturated rings. The smallest absolute Gasteiger partial charge is 0.234 e. The van der Waals surface area contributed by atoms with Gasteiger partial charge in [0.05, 0.1) is 6.04 Å². The largest absolute Gasteiger partial charge is 0.368 e. The van der Waals surface area contributed by atoms with Crippen LogP contribution in [0.3, 0.4) is 0 Å². The Kier molecular flexibility index (Phi) is 6.52. The van der Waals surface area contributed by atoms with Crippen molar-refractivity contribution in [2.75, 3.05) is 19.6 Å². The molecule has 1 aliphatic carbocycles. The van der Waals surface area contributed by atoms with Crippen LogP contribution in [-0.2, 0) is 4.79 Å². The molecule has 3 N–H and O–H groups in total. The van der Waals surface area contributed by atoms with Gasteiger partial charge >= 0.3 is 0 Å². The SMILES string of the molecule is CCCN(CCC)CCC(NC1CC1)C(N)=O. The molecule has 17 heavy (non-hydrogen) atoms. The Hall–Kier alpha value is -0.610. The number of nitrogens with one attached hydrogen (secondary N) is 1. The molecule has 1 unspecified atom stereocenters. The van der Waals surface area contributed by atoms with Crippen LogP contribution in [0.1, 0.15) is 46.0 Å². The zero-order chi connectivity index (χ0) is 12.7. The molecule has 1 saturated carbocycles. The van der Waals surface area contributed by atoms with Gasteiger partial charge in [0.25, 0.3) is 0 Å². The topological polar surface area (TPSA) is 58.4 Å². The molecule has 1 amide bonds. The molecule has 0 aliphatic heterocycles. The molecule has 0 aromatic heterocycles. The minimum Gasteiger partial charge on any atom is -0.368 e. The van der Waals surface area contributed by atoms with Crippen molar-refractivity contribution < 1.29 is 4.79 Å². The van der Waals surface area contributed by atoms with Gasteiger partial charge in [-0.05, 0) is 45.2 Å². The lowest BCUT2D eigenvalue weighted by Gasteiger charge is -2.23. The van der Waals surface area contributed by atoms with Crippen molar-refractivity contribution in [1.82, 2.24) is 10.2 Å². The fourth-order valence-electron chi connectivity index (χ4n) is 2.12. The average Bonchev–Trinajstić information content (AvgIpc) is 3.08. The van der Waals surface area contributed by atoms with Crippen molar-refractivity contribution in [3.05, 3.63) is 0 Å². The van der Waals surface area contributed by atoms with E-state index in [1.54, 1.807) is 0 Å². The third kappa shape index (κ3) is 6.03. The van der Waals surface area contributed by atoms with Crippen LogP contribution in [0.25, 0.3) is 0 Å². The first-order chi connectivity index (χ1) is 8.17. The van der Waals surface area contributed by atoms with Gasteiger partial charge in [0, 0.05) is 12.6 Å². The maximum Gasteiger partial charge on any atom is 0.234 e. The lowest BCUT2D eigenvalue weighted by molar-refractivity contribution is -0.120. The molecule has 4 nitrogen and oxygen atoms in total. The van der Waals surface area contributed by atoms with Crippen LogP contribution in [0, 0.1) is 0 Å². The Bertz CT molecular complexity index is 223. The molecule has 0 aromatic carbocycles. The van der Waals surface area contributed by atoms with Crippen LogP contribution in [0.15, 0.2) is 0 Å². The van der Waals surface area contributed by atoms with E-state index in [-0.39, 0.29) is 11.9 Å². The lowest BCUT2D eigenvalue weighted by atomic mass is 10.1. The molecule has 0 radical (unpaired) electrons. The predicted molar refractivity (Wildman–Crippen MR) is 70.8 cm³/mol. The molecule has 4 heteroatoms. The number of carbonyl (C=O) groups excluding carboxylic acids is 1. The van der Waals surface area contributed by atoms with Gasteiger partial charge in [-0.2, -0.15) is 0 Å². The van der Waals surface area contributed by atoms with Gasteiger partial charge in [-0.25, -0.2) is 0 Å². The zero-order valence-corrected chi connectivity index (χ0v) is 11.2. The Morgan fingerprint density at radius 1 is 1.29 bits per heavy atom. The molecule has 0 aromatic rings. The summed E-state index contributed by atoms with van der Waals surface area (Å²) in [5, 5.41) is 3.33. The van der Waals surface area contributed by atoms with E-state index in [1.165, 1.54) is 12.8 Å². The first kappa shape index (κ1) is 14.5. The quantitative estimate of drug-likeness (QED) is 0.602.